The van der Waals surface area contributed by atoms with Crippen LogP contribution in [0.5, 0.6) is 0 Å². The third kappa shape index (κ3) is 27.6. The first-order chi connectivity index (χ1) is 33.0. The number of allylic oxidation sites excluding steroid dienone is 7. The summed E-state index contributed by atoms with van der Waals surface area (Å²) in [6.45, 7) is 2.49. The van der Waals surface area contributed by atoms with Gasteiger partial charge in [-0.15, -0.1) is 5.73 Å². The molecule has 0 saturated carbocycles. The van der Waals surface area contributed by atoms with Crippen LogP contribution < -0.4 is 0 Å². The van der Waals surface area contributed by atoms with Crippen molar-refractivity contribution < 1.29 is 73.8 Å². The van der Waals surface area contributed by atoms with E-state index in [4.69, 9.17) is 28.4 Å². The molecule has 2 aliphatic heterocycles. The number of hydrogen-bond donors (Lipinski definition) is 7. The van der Waals surface area contributed by atoms with E-state index >= 15 is 0 Å². The summed E-state index contributed by atoms with van der Waals surface area (Å²) in [5, 5.41) is 72.1. The Bertz CT molecular complexity index is 1430. The molecule has 4 unspecified atom stereocenters. The number of aliphatic hydroxyl groups is 7. The molecule has 0 spiro atoms. The second-order valence-corrected chi connectivity index (χ2v) is 18.1. The first-order valence-electron chi connectivity index (χ1n) is 26.0. The molecule has 0 aromatic carbocycles. The van der Waals surface area contributed by atoms with Gasteiger partial charge >= 0.3 is 11.9 Å². The molecule has 2 fully saturated rings. The summed E-state index contributed by atoms with van der Waals surface area (Å²) in [6, 6.07) is 0. The zero-order valence-electron chi connectivity index (χ0n) is 41.4. The second kappa shape index (κ2) is 39.9. The molecule has 7 N–H and O–H groups in total. The first-order valence-corrected chi connectivity index (χ1v) is 26.0. The van der Waals surface area contributed by atoms with Crippen molar-refractivity contribution >= 4 is 11.9 Å². The number of carbonyl (C=O) groups excluding carboxylic acids is 2. The van der Waals surface area contributed by atoms with Crippen LogP contribution in [-0.4, -0.2) is 142 Å². The van der Waals surface area contributed by atoms with Gasteiger partial charge in [-0.3, -0.25) is 9.59 Å². The number of unbranched alkanes of at least 4 members (excludes halogenated alkanes) is 17. The molecule has 0 aromatic rings. The van der Waals surface area contributed by atoms with E-state index in [-0.39, 0.29) is 19.4 Å². The van der Waals surface area contributed by atoms with Gasteiger partial charge in [-0.2, -0.15) is 0 Å². The molecule has 68 heavy (non-hydrogen) atoms. The molecule has 2 aliphatic rings. The molecule has 392 valence electrons. The standard InChI is InChI=1S/C53H90O15/c1-3-5-7-9-11-13-15-17-19-20-22-24-26-28-30-32-34-36-45(56)66-41(38-63-44(55)35-33-31-29-27-25-23-21-18-16-14-12-10-8-6-4-2)39-64-52-51(62)49(60)47(58)43(68-52)40-65-53-50(61)48(59)46(57)42(37-54)67-53/h11,13,16-17,19,21-22,24,41-43,46-54,57-62H,3-10,12,14-15,20,23,25-40H2,1-2H3/b13-11+,19-17+,24-22+/t18?,41-,42+,43+,46-,47-,48?,49?,50?,51?,52+,53+/m1/s1. The fourth-order valence-corrected chi connectivity index (χ4v) is 7.73. The summed E-state index contributed by atoms with van der Waals surface area (Å²) in [5.74, 6) is -0.974. The maximum atomic E-state index is 13.0. The topological polar surface area (TPSA) is 231 Å². The molecular formula is C53H90O15. The molecular weight excluding hydrogens is 877 g/mol. The molecule has 15 heteroatoms. The Labute approximate surface area is 407 Å². The predicted molar refractivity (Wildman–Crippen MR) is 260 cm³/mol. The Morgan fingerprint density at radius 2 is 0.971 bits per heavy atom. The highest BCUT2D eigenvalue weighted by Crippen LogP contribution is 2.26. The van der Waals surface area contributed by atoms with Crippen LogP contribution in [-0.2, 0) is 38.0 Å². The summed E-state index contributed by atoms with van der Waals surface area (Å²) in [4.78, 5) is 25.8. The molecule has 0 aromatic heterocycles. The molecule has 0 amide bonds. The summed E-state index contributed by atoms with van der Waals surface area (Å²) in [6.07, 6.45) is 24.8. The summed E-state index contributed by atoms with van der Waals surface area (Å²) >= 11 is 0. The maximum Gasteiger partial charge on any atom is 0.306 e. The molecule has 2 saturated heterocycles. The van der Waals surface area contributed by atoms with Gasteiger partial charge in [-0.1, -0.05) is 121 Å². The van der Waals surface area contributed by atoms with Crippen LogP contribution in [0, 0.1) is 0 Å². The summed E-state index contributed by atoms with van der Waals surface area (Å²) in [5.41, 5.74) is 3.29. The molecule has 0 aliphatic carbocycles. The van der Waals surface area contributed by atoms with Gasteiger partial charge in [0.25, 0.3) is 0 Å². The number of rotatable bonds is 39. The second-order valence-electron chi connectivity index (χ2n) is 18.1. The quantitative estimate of drug-likeness (QED) is 0.0139. The van der Waals surface area contributed by atoms with Crippen LogP contribution in [0.3, 0.4) is 0 Å². The number of hydrogen-bond acceptors (Lipinski definition) is 15. The maximum absolute atomic E-state index is 13.0. The average Bonchev–Trinajstić information content (AvgIpc) is 3.33. The summed E-state index contributed by atoms with van der Waals surface area (Å²) < 4.78 is 33.5. The van der Waals surface area contributed by atoms with E-state index in [1.54, 1.807) is 0 Å². The highest BCUT2D eigenvalue weighted by atomic mass is 16.7. The van der Waals surface area contributed by atoms with Crippen LogP contribution in [0.25, 0.3) is 0 Å². The van der Waals surface area contributed by atoms with Crippen molar-refractivity contribution in [2.75, 3.05) is 26.4 Å². The van der Waals surface area contributed by atoms with E-state index in [2.05, 4.69) is 68.2 Å². The van der Waals surface area contributed by atoms with Gasteiger partial charge in [0.15, 0.2) is 18.7 Å². The molecule has 2 heterocycles. The number of aliphatic hydroxyl groups excluding tert-OH is 7. The molecule has 15 nitrogen and oxygen atoms in total. The monoisotopic (exact) mass is 967 g/mol. The minimum absolute atomic E-state index is 0.133. The zero-order chi connectivity index (χ0) is 49.6. The molecule has 0 radical (unpaired) electrons. The van der Waals surface area contributed by atoms with Crippen molar-refractivity contribution in [2.24, 2.45) is 0 Å². The van der Waals surface area contributed by atoms with Crippen molar-refractivity contribution in [1.29, 1.82) is 0 Å². The van der Waals surface area contributed by atoms with Crippen molar-refractivity contribution in [1.82, 2.24) is 0 Å². The van der Waals surface area contributed by atoms with E-state index in [0.717, 1.165) is 83.5 Å². The minimum Gasteiger partial charge on any atom is -0.462 e. The lowest BCUT2D eigenvalue weighted by Gasteiger charge is -2.42. The Morgan fingerprint density at radius 3 is 1.56 bits per heavy atom. The largest absolute Gasteiger partial charge is 0.462 e. The van der Waals surface area contributed by atoms with E-state index in [1.165, 1.54) is 51.4 Å². The fourth-order valence-electron chi connectivity index (χ4n) is 7.73. The van der Waals surface area contributed by atoms with Gasteiger partial charge in [0.1, 0.15) is 55.4 Å². The van der Waals surface area contributed by atoms with E-state index in [9.17, 15) is 45.3 Å². The van der Waals surface area contributed by atoms with Crippen LogP contribution in [0.1, 0.15) is 174 Å². The lowest BCUT2D eigenvalue weighted by molar-refractivity contribution is -0.332. The lowest BCUT2D eigenvalue weighted by Crippen LogP contribution is -2.61. The van der Waals surface area contributed by atoms with Gasteiger partial charge in [0.05, 0.1) is 19.8 Å². The third-order valence-corrected chi connectivity index (χ3v) is 12.1. The minimum atomic E-state index is -1.77. The highest BCUT2D eigenvalue weighted by Gasteiger charge is 2.47. The Balaban J connectivity index is 1.84. The smallest absolute Gasteiger partial charge is 0.306 e. The third-order valence-electron chi connectivity index (χ3n) is 12.1. The number of carbonyl (C=O) groups is 2. The van der Waals surface area contributed by atoms with Gasteiger partial charge in [-0.25, -0.2) is 0 Å². The number of esters is 2. The zero-order valence-corrected chi connectivity index (χ0v) is 41.4. The van der Waals surface area contributed by atoms with Crippen LogP contribution in [0.15, 0.2) is 54.3 Å². The molecule has 0 bridgehead atoms. The van der Waals surface area contributed by atoms with Crippen molar-refractivity contribution in [2.45, 2.75) is 242 Å². The van der Waals surface area contributed by atoms with E-state index in [0.29, 0.717) is 12.8 Å². The average molecular weight is 967 g/mol. The number of ether oxygens (including phenoxy) is 6. The lowest BCUT2D eigenvalue weighted by atomic mass is 9.98. The highest BCUT2D eigenvalue weighted by molar-refractivity contribution is 5.70. The van der Waals surface area contributed by atoms with Crippen molar-refractivity contribution in [3.05, 3.63) is 54.3 Å². The van der Waals surface area contributed by atoms with Crippen LogP contribution in [0.2, 0.25) is 0 Å². The first kappa shape index (κ1) is 61.4. The normalized spacial score (nSPS) is 25.8. The van der Waals surface area contributed by atoms with Crippen molar-refractivity contribution in [3.63, 3.8) is 0 Å². The van der Waals surface area contributed by atoms with E-state index < -0.39 is 99.3 Å². The van der Waals surface area contributed by atoms with Gasteiger partial charge < -0.3 is 64.2 Å². The molecule has 11 atom stereocenters. The fraction of sp³-hybridized carbons (Fsp3) is 0.792. The van der Waals surface area contributed by atoms with Crippen LogP contribution >= 0.6 is 0 Å². The van der Waals surface area contributed by atoms with E-state index in [1.807, 2.05) is 0 Å². The Hall–Kier alpha value is -2.76. The molecule has 2 rings (SSSR count). The summed E-state index contributed by atoms with van der Waals surface area (Å²) in [7, 11) is 0. The predicted octanol–water partition coefficient (Wildman–Crippen LogP) is 7.25. The Kier molecular flexibility index (Phi) is 36.0. The van der Waals surface area contributed by atoms with Gasteiger partial charge in [0, 0.05) is 12.8 Å². The van der Waals surface area contributed by atoms with Crippen LogP contribution in [0.4, 0.5) is 0 Å². The van der Waals surface area contributed by atoms with Gasteiger partial charge in [-0.05, 0) is 89.2 Å². The van der Waals surface area contributed by atoms with Gasteiger partial charge in [0.2, 0.25) is 0 Å². The Morgan fingerprint density at radius 1 is 0.515 bits per heavy atom. The SMILES string of the molecule is CCCCC/C=C/C/C=C/C/C=C/CCCCCCC(=O)O[C@H](COC(=O)CCCCCCCC=C=CCCCCCCC)CO[C@H]1O[C@@H](CO[C@H]2O[C@@H](CO)[C@@H](O)C(O)C2O)[C@@H](O)C(O)C1O. The van der Waals surface area contributed by atoms with Crippen molar-refractivity contribution in [3.8, 4) is 0 Å².